The average molecular weight is 808 g/mol. The molecule has 0 unspecified atom stereocenters. The molecule has 1 aromatic heterocycles. The monoisotopic (exact) mass is 806 g/mol. The van der Waals surface area contributed by atoms with E-state index in [1.807, 2.05) is 32.0 Å². The standard InChI is InChI=1S/C39H40Cl2N6O7S/c1-24-22-25(2)43-37-29(24)6-4-8-33(37)53-23-30-31(40)14-15-34(36(30)41)55(51,52)47-17-5-7-32(47)39(50)46-20-18-45(19-21-46)35(49)16-11-27-9-12-28(13-10-27)38(42)44-54-26(3)48/h4,6,8-16,22,32H,5,7,17-21,23H2,1-3H3,(H2,42,44)/t32-/m0/s1. The van der Waals surface area contributed by atoms with Crippen LogP contribution in [0.3, 0.4) is 0 Å². The van der Waals surface area contributed by atoms with E-state index in [-0.39, 0.29) is 71.9 Å². The number of amides is 2. The quantitative estimate of drug-likeness (QED) is 0.0721. The molecular weight excluding hydrogens is 767 g/mol. The van der Waals surface area contributed by atoms with Gasteiger partial charge >= 0.3 is 5.97 Å². The van der Waals surface area contributed by atoms with Crippen LogP contribution < -0.4 is 10.5 Å². The molecule has 0 aliphatic carbocycles. The summed E-state index contributed by atoms with van der Waals surface area (Å²) in [5.41, 5.74) is 9.97. The predicted octanol–water partition coefficient (Wildman–Crippen LogP) is 5.46. The lowest BCUT2D eigenvalue weighted by molar-refractivity contribution is -0.141. The Morgan fingerprint density at radius 1 is 0.982 bits per heavy atom. The number of halogens is 2. The first kappa shape index (κ1) is 39.7. The van der Waals surface area contributed by atoms with Gasteiger partial charge in [0.25, 0.3) is 0 Å². The minimum Gasteiger partial charge on any atom is -0.487 e. The Bertz CT molecular complexity index is 2310. The molecule has 1 atom stereocenters. The third kappa shape index (κ3) is 8.78. The highest BCUT2D eigenvalue weighted by Crippen LogP contribution is 2.37. The number of benzene rings is 3. The fraction of sp³-hybridized carbons (Fsp3) is 0.308. The van der Waals surface area contributed by atoms with E-state index >= 15 is 0 Å². The summed E-state index contributed by atoms with van der Waals surface area (Å²) in [5.74, 6) is -0.580. The van der Waals surface area contributed by atoms with Gasteiger partial charge in [0, 0.05) is 73.0 Å². The summed E-state index contributed by atoms with van der Waals surface area (Å²) in [6, 6.07) is 16.4. The second-order valence-electron chi connectivity index (χ2n) is 13.3. The number of carbonyl (C=O) groups excluding carboxylic acids is 3. The van der Waals surface area contributed by atoms with Crippen molar-refractivity contribution in [1.29, 1.82) is 0 Å². The number of oxime groups is 1. The second kappa shape index (κ2) is 16.8. The van der Waals surface area contributed by atoms with Gasteiger partial charge in [-0.2, -0.15) is 4.31 Å². The highest BCUT2D eigenvalue weighted by molar-refractivity contribution is 7.89. The first-order valence-corrected chi connectivity index (χ1v) is 19.8. The topological polar surface area (TPSA) is 165 Å². The van der Waals surface area contributed by atoms with Gasteiger partial charge in [0.15, 0.2) is 5.84 Å². The first-order valence-electron chi connectivity index (χ1n) is 17.6. The molecule has 0 bridgehead atoms. The maximum Gasteiger partial charge on any atom is 0.332 e. The smallest absolute Gasteiger partial charge is 0.332 e. The molecular formula is C39H40Cl2N6O7S. The Kier molecular flexibility index (Phi) is 12.1. The SMILES string of the molecule is CC(=O)ON=C(N)c1ccc(C=CC(=O)N2CCN(C(=O)[C@@H]3CCCN3S(=O)(=O)c3ccc(Cl)c(COc4cccc5c(C)cc(C)nc45)c3Cl)CC2)cc1. The zero-order valence-corrected chi connectivity index (χ0v) is 32.8. The van der Waals surface area contributed by atoms with Gasteiger partial charge in [0.1, 0.15) is 28.8 Å². The zero-order valence-electron chi connectivity index (χ0n) is 30.5. The van der Waals surface area contributed by atoms with E-state index in [9.17, 15) is 22.8 Å². The van der Waals surface area contributed by atoms with Crippen LogP contribution in [0.2, 0.25) is 10.0 Å². The molecule has 2 saturated heterocycles. The second-order valence-corrected chi connectivity index (χ2v) is 15.9. The number of carbonyl (C=O) groups is 3. The lowest BCUT2D eigenvalue weighted by atomic mass is 10.1. The Hall–Kier alpha value is -5.02. The van der Waals surface area contributed by atoms with Crippen molar-refractivity contribution in [2.45, 2.75) is 51.2 Å². The van der Waals surface area contributed by atoms with Crippen molar-refractivity contribution in [3.8, 4) is 5.75 Å². The van der Waals surface area contributed by atoms with Gasteiger partial charge in [-0.3, -0.25) is 9.59 Å². The highest BCUT2D eigenvalue weighted by Gasteiger charge is 2.43. The van der Waals surface area contributed by atoms with Gasteiger partial charge in [0.2, 0.25) is 21.8 Å². The molecule has 288 valence electrons. The van der Waals surface area contributed by atoms with Crippen LogP contribution in [0.15, 0.2) is 76.8 Å². The van der Waals surface area contributed by atoms with E-state index in [0.717, 1.165) is 22.2 Å². The lowest BCUT2D eigenvalue weighted by Gasteiger charge is -2.36. The molecule has 2 N–H and O–H groups in total. The molecule has 2 aliphatic rings. The number of fused-ring (bicyclic) bond motifs is 1. The van der Waals surface area contributed by atoms with E-state index in [0.29, 0.717) is 35.2 Å². The molecule has 6 rings (SSSR count). The Balaban J connectivity index is 1.09. The summed E-state index contributed by atoms with van der Waals surface area (Å²) < 4.78 is 35.7. The minimum absolute atomic E-state index is 0.0392. The van der Waals surface area contributed by atoms with Gasteiger partial charge in [-0.25, -0.2) is 18.2 Å². The molecule has 55 heavy (non-hydrogen) atoms. The van der Waals surface area contributed by atoms with Crippen LogP contribution in [-0.2, 0) is 35.9 Å². The van der Waals surface area contributed by atoms with Crippen molar-refractivity contribution in [2.24, 2.45) is 10.9 Å². The third-order valence-corrected chi connectivity index (χ3v) is 12.4. The molecule has 0 saturated carbocycles. The maximum atomic E-state index is 14.2. The molecule has 0 spiro atoms. The molecule has 4 aromatic rings. The minimum atomic E-state index is -4.22. The number of sulfonamides is 1. The Morgan fingerprint density at radius 3 is 2.40 bits per heavy atom. The number of nitrogens with zero attached hydrogens (tertiary/aromatic N) is 5. The number of amidine groups is 1. The molecule has 16 heteroatoms. The fourth-order valence-electron chi connectivity index (χ4n) is 6.69. The summed E-state index contributed by atoms with van der Waals surface area (Å²) in [4.78, 5) is 50.1. The molecule has 13 nitrogen and oxygen atoms in total. The van der Waals surface area contributed by atoms with Crippen molar-refractivity contribution in [3.05, 3.63) is 105 Å². The van der Waals surface area contributed by atoms with Gasteiger partial charge in [-0.15, -0.1) is 0 Å². The van der Waals surface area contributed by atoms with E-state index in [2.05, 4.69) is 15.0 Å². The number of rotatable bonds is 10. The summed E-state index contributed by atoms with van der Waals surface area (Å²) >= 11 is 13.3. The van der Waals surface area contributed by atoms with Crippen LogP contribution in [-0.4, -0.2) is 89.9 Å². The van der Waals surface area contributed by atoms with Gasteiger partial charge in [-0.1, -0.05) is 64.8 Å². The van der Waals surface area contributed by atoms with Gasteiger partial charge < -0.3 is 25.1 Å². The van der Waals surface area contributed by atoms with E-state index in [1.54, 1.807) is 46.2 Å². The predicted molar refractivity (Wildman–Crippen MR) is 210 cm³/mol. The number of hydrogen-bond acceptors (Lipinski definition) is 9. The number of piperazine rings is 1. The van der Waals surface area contributed by atoms with Crippen LogP contribution in [0.1, 0.15) is 47.7 Å². The van der Waals surface area contributed by atoms with E-state index < -0.39 is 22.0 Å². The number of aryl methyl sites for hydroxylation is 2. The number of nitrogens with two attached hydrogens (primary N) is 1. The highest BCUT2D eigenvalue weighted by atomic mass is 35.5. The number of pyridine rings is 1. The molecule has 3 aromatic carbocycles. The van der Waals surface area contributed by atoms with Gasteiger partial charge in [0.05, 0.1) is 5.02 Å². The summed E-state index contributed by atoms with van der Waals surface area (Å²) in [6.07, 6.45) is 3.96. The van der Waals surface area contributed by atoms with Gasteiger partial charge in [-0.05, 0) is 68.2 Å². The Labute approximate surface area is 329 Å². The summed E-state index contributed by atoms with van der Waals surface area (Å²) in [7, 11) is -4.22. The average Bonchev–Trinajstić information content (AvgIpc) is 3.67. The molecule has 0 radical (unpaired) electrons. The van der Waals surface area contributed by atoms with Crippen molar-refractivity contribution in [1.82, 2.24) is 19.1 Å². The van der Waals surface area contributed by atoms with Crippen molar-refractivity contribution >= 4 is 73.8 Å². The largest absolute Gasteiger partial charge is 0.487 e. The van der Waals surface area contributed by atoms with Crippen molar-refractivity contribution in [3.63, 3.8) is 0 Å². The molecule has 2 amide bonds. The lowest BCUT2D eigenvalue weighted by Crippen LogP contribution is -2.55. The van der Waals surface area contributed by atoms with E-state index in [4.69, 9.17) is 33.7 Å². The molecule has 2 aliphatic heterocycles. The summed E-state index contributed by atoms with van der Waals surface area (Å²) in [6.45, 7) is 6.24. The van der Waals surface area contributed by atoms with Crippen LogP contribution in [0, 0.1) is 13.8 Å². The van der Waals surface area contributed by atoms with Crippen LogP contribution >= 0.6 is 23.2 Å². The maximum absolute atomic E-state index is 14.2. The number of hydrogen-bond donors (Lipinski definition) is 1. The normalized spacial score (nSPS) is 16.9. The summed E-state index contributed by atoms with van der Waals surface area (Å²) in [5, 5.41) is 4.66. The van der Waals surface area contributed by atoms with E-state index in [1.165, 1.54) is 29.4 Å². The van der Waals surface area contributed by atoms with Crippen LogP contribution in [0.4, 0.5) is 0 Å². The number of ether oxygens (including phenoxy) is 1. The molecule has 2 fully saturated rings. The first-order chi connectivity index (χ1) is 26.2. The number of aromatic nitrogens is 1. The third-order valence-electron chi connectivity index (χ3n) is 9.54. The molecule has 3 heterocycles. The zero-order chi connectivity index (χ0) is 39.4. The van der Waals surface area contributed by atoms with Crippen LogP contribution in [0.5, 0.6) is 5.75 Å². The van der Waals surface area contributed by atoms with Crippen LogP contribution in [0.25, 0.3) is 17.0 Å². The Morgan fingerprint density at radius 2 is 1.69 bits per heavy atom. The van der Waals surface area contributed by atoms with Crippen molar-refractivity contribution < 1.29 is 32.4 Å². The number of para-hydroxylation sites is 1. The fourth-order valence-corrected chi connectivity index (χ4v) is 9.21. The van der Waals surface area contributed by atoms with Crippen molar-refractivity contribution in [2.75, 3.05) is 32.7 Å².